The van der Waals surface area contributed by atoms with E-state index in [2.05, 4.69) is 6.92 Å². The molecule has 0 aliphatic carbocycles. The van der Waals surface area contributed by atoms with Gasteiger partial charge in [-0.25, -0.2) is 0 Å². The number of para-hydroxylation sites is 2. The van der Waals surface area contributed by atoms with Gasteiger partial charge in [0.25, 0.3) is 5.91 Å². The number of amides is 1. The molecule has 0 radical (unpaired) electrons. The quantitative estimate of drug-likeness (QED) is 0.481. The van der Waals surface area contributed by atoms with Crippen molar-refractivity contribution in [1.82, 2.24) is 0 Å². The largest absolute Gasteiger partial charge is 0.491 e. The fourth-order valence-electron chi connectivity index (χ4n) is 4.35. The Morgan fingerprint density at radius 3 is 2.42 bits per heavy atom. The molecule has 1 heterocycles. The molecule has 5 nitrogen and oxygen atoms in total. The molecule has 1 N–H and O–H groups in total. The Bertz CT molecular complexity index is 1150. The lowest BCUT2D eigenvalue weighted by Gasteiger charge is -2.23. The van der Waals surface area contributed by atoms with Gasteiger partial charge < -0.3 is 14.7 Å². The van der Waals surface area contributed by atoms with Gasteiger partial charge in [-0.2, -0.15) is 0 Å². The molecular formula is C28H29NO4. The van der Waals surface area contributed by atoms with E-state index in [4.69, 9.17) is 4.74 Å². The van der Waals surface area contributed by atoms with Crippen molar-refractivity contribution in [3.63, 3.8) is 0 Å². The van der Waals surface area contributed by atoms with Crippen LogP contribution in [-0.2, 0) is 16.8 Å². The average molecular weight is 444 g/mol. The average Bonchev–Trinajstić information content (AvgIpc) is 3.03. The summed E-state index contributed by atoms with van der Waals surface area (Å²) in [7, 11) is 0. The molecular weight excluding hydrogens is 414 g/mol. The van der Waals surface area contributed by atoms with E-state index in [-0.39, 0.29) is 25.4 Å². The van der Waals surface area contributed by atoms with Crippen molar-refractivity contribution < 1.29 is 19.4 Å². The number of fused-ring (bicyclic) bond motifs is 1. The first-order chi connectivity index (χ1) is 15.9. The molecule has 1 aliphatic rings. The van der Waals surface area contributed by atoms with Crippen molar-refractivity contribution in [2.24, 2.45) is 0 Å². The molecule has 0 saturated heterocycles. The molecule has 3 aromatic carbocycles. The van der Waals surface area contributed by atoms with Crippen LogP contribution in [0, 0.1) is 6.92 Å². The highest BCUT2D eigenvalue weighted by molar-refractivity contribution is 6.10. The minimum Gasteiger partial charge on any atom is -0.491 e. The summed E-state index contributed by atoms with van der Waals surface area (Å²) in [5.74, 6) is 0.00383. The van der Waals surface area contributed by atoms with E-state index >= 15 is 0 Å². The molecule has 0 fully saturated rings. The zero-order valence-corrected chi connectivity index (χ0v) is 19.1. The summed E-state index contributed by atoms with van der Waals surface area (Å²) in [5, 5.41) is 11.5. The summed E-state index contributed by atoms with van der Waals surface area (Å²) in [6.07, 6.45) is 1.68. The van der Waals surface area contributed by atoms with E-state index in [0.717, 1.165) is 29.7 Å². The summed E-state index contributed by atoms with van der Waals surface area (Å²) in [6, 6.07) is 22.2. The van der Waals surface area contributed by atoms with Crippen molar-refractivity contribution in [2.75, 3.05) is 18.1 Å². The van der Waals surface area contributed by atoms with Gasteiger partial charge in [0, 0.05) is 11.1 Å². The molecule has 33 heavy (non-hydrogen) atoms. The van der Waals surface area contributed by atoms with E-state index < -0.39 is 11.5 Å². The number of nitrogens with zero attached hydrogens (tertiary/aromatic N) is 1. The maximum Gasteiger partial charge on any atom is 0.264 e. The predicted molar refractivity (Wildman–Crippen MR) is 129 cm³/mol. The highest BCUT2D eigenvalue weighted by atomic mass is 16.5. The summed E-state index contributed by atoms with van der Waals surface area (Å²) in [6.45, 7) is 4.61. The monoisotopic (exact) mass is 443 g/mol. The molecule has 1 amide bonds. The van der Waals surface area contributed by atoms with Crippen molar-refractivity contribution >= 4 is 17.4 Å². The van der Waals surface area contributed by atoms with Crippen LogP contribution in [0.4, 0.5) is 5.69 Å². The van der Waals surface area contributed by atoms with E-state index in [9.17, 15) is 14.7 Å². The Labute approximate surface area is 194 Å². The fraction of sp³-hybridized carbons (Fsp3) is 0.286. The van der Waals surface area contributed by atoms with Crippen LogP contribution >= 0.6 is 0 Å². The number of carbonyl (C=O) groups excluding carboxylic acids is 2. The minimum atomic E-state index is -1.89. The highest BCUT2D eigenvalue weighted by Crippen LogP contribution is 2.42. The van der Waals surface area contributed by atoms with Gasteiger partial charge in [-0.1, -0.05) is 74.0 Å². The van der Waals surface area contributed by atoms with Crippen LogP contribution < -0.4 is 9.64 Å². The Kier molecular flexibility index (Phi) is 6.61. The molecule has 5 heteroatoms. The van der Waals surface area contributed by atoms with Crippen LogP contribution in [0.2, 0.25) is 0 Å². The number of carbonyl (C=O) groups is 2. The van der Waals surface area contributed by atoms with E-state index in [0.29, 0.717) is 16.8 Å². The van der Waals surface area contributed by atoms with Gasteiger partial charge in [0.1, 0.15) is 12.4 Å². The number of aliphatic hydroxyl groups is 1. The SMILES string of the molecule is CCCc1ccc(C(=O)CC2(O)C(=O)N(CCOc3ccccc3C)c3ccccc32)cc1. The van der Waals surface area contributed by atoms with Crippen LogP contribution in [-0.4, -0.2) is 29.9 Å². The predicted octanol–water partition coefficient (Wildman–Crippen LogP) is 4.83. The lowest BCUT2D eigenvalue weighted by atomic mass is 9.88. The molecule has 3 aromatic rings. The van der Waals surface area contributed by atoms with Gasteiger partial charge in [-0.3, -0.25) is 9.59 Å². The molecule has 1 aliphatic heterocycles. The maximum atomic E-state index is 13.4. The van der Waals surface area contributed by atoms with Crippen LogP contribution in [0.1, 0.15) is 46.8 Å². The molecule has 0 bridgehead atoms. The topological polar surface area (TPSA) is 66.8 Å². The number of Topliss-reactive ketones (excluding diaryl/α,β-unsaturated/α-hetero) is 1. The highest BCUT2D eigenvalue weighted by Gasteiger charge is 2.50. The molecule has 0 aromatic heterocycles. The lowest BCUT2D eigenvalue weighted by Crippen LogP contribution is -2.43. The van der Waals surface area contributed by atoms with Gasteiger partial charge in [0.05, 0.1) is 18.7 Å². The van der Waals surface area contributed by atoms with Gasteiger partial charge in [-0.05, 0) is 36.6 Å². The number of aryl methyl sites for hydroxylation is 2. The van der Waals surface area contributed by atoms with Gasteiger partial charge >= 0.3 is 0 Å². The van der Waals surface area contributed by atoms with Gasteiger partial charge in [0.2, 0.25) is 0 Å². The summed E-state index contributed by atoms with van der Waals surface area (Å²) < 4.78 is 5.87. The molecule has 0 saturated carbocycles. The number of ether oxygens (including phenoxy) is 1. The fourth-order valence-corrected chi connectivity index (χ4v) is 4.35. The maximum absolute atomic E-state index is 13.4. The number of hydrogen-bond donors (Lipinski definition) is 1. The Balaban J connectivity index is 1.51. The standard InChI is InChI=1S/C28H29NO4/c1-3-8-21-13-15-22(16-14-21)25(30)19-28(32)23-10-5-6-11-24(23)29(27(28)31)17-18-33-26-12-7-4-9-20(26)2/h4-7,9-16,32H,3,8,17-19H2,1-2H3. The molecule has 4 rings (SSSR count). The first kappa shape index (κ1) is 22.7. The third kappa shape index (κ3) is 4.55. The molecule has 1 atom stereocenters. The van der Waals surface area contributed by atoms with Crippen molar-refractivity contribution in [1.29, 1.82) is 0 Å². The Morgan fingerprint density at radius 1 is 1.00 bits per heavy atom. The number of hydrogen-bond acceptors (Lipinski definition) is 4. The lowest BCUT2D eigenvalue weighted by molar-refractivity contribution is -0.135. The second-order valence-electron chi connectivity index (χ2n) is 8.50. The summed E-state index contributed by atoms with van der Waals surface area (Å²) >= 11 is 0. The third-order valence-electron chi connectivity index (χ3n) is 6.14. The van der Waals surface area contributed by atoms with Gasteiger partial charge in [-0.15, -0.1) is 0 Å². The van der Waals surface area contributed by atoms with Gasteiger partial charge in [0.15, 0.2) is 11.4 Å². The van der Waals surface area contributed by atoms with E-state index in [1.807, 2.05) is 49.4 Å². The zero-order chi connectivity index (χ0) is 23.4. The Hall–Kier alpha value is -3.44. The second kappa shape index (κ2) is 9.59. The molecule has 1 unspecified atom stereocenters. The smallest absolute Gasteiger partial charge is 0.264 e. The number of benzene rings is 3. The molecule has 170 valence electrons. The normalized spacial score (nSPS) is 17.2. The molecule has 0 spiro atoms. The van der Waals surface area contributed by atoms with Crippen molar-refractivity contribution in [2.45, 2.75) is 38.7 Å². The van der Waals surface area contributed by atoms with Crippen molar-refractivity contribution in [3.8, 4) is 5.75 Å². The number of anilines is 1. The van der Waals surface area contributed by atoms with Crippen LogP contribution in [0.3, 0.4) is 0 Å². The number of rotatable bonds is 9. The van der Waals surface area contributed by atoms with E-state index in [1.54, 1.807) is 30.3 Å². The van der Waals surface area contributed by atoms with Crippen LogP contribution in [0.25, 0.3) is 0 Å². The number of ketones is 1. The first-order valence-electron chi connectivity index (χ1n) is 11.4. The third-order valence-corrected chi connectivity index (χ3v) is 6.14. The van der Waals surface area contributed by atoms with Crippen LogP contribution in [0.5, 0.6) is 5.75 Å². The Morgan fingerprint density at radius 2 is 1.70 bits per heavy atom. The summed E-state index contributed by atoms with van der Waals surface area (Å²) in [4.78, 5) is 27.9. The minimum absolute atomic E-state index is 0.262. The van der Waals surface area contributed by atoms with E-state index in [1.165, 1.54) is 4.90 Å². The van der Waals surface area contributed by atoms with Crippen molar-refractivity contribution in [3.05, 3.63) is 95.1 Å². The van der Waals surface area contributed by atoms with Crippen LogP contribution in [0.15, 0.2) is 72.8 Å². The first-order valence-corrected chi connectivity index (χ1v) is 11.4. The zero-order valence-electron chi connectivity index (χ0n) is 19.1. The second-order valence-corrected chi connectivity index (χ2v) is 8.50. The summed E-state index contributed by atoms with van der Waals surface area (Å²) in [5.41, 5.74) is 1.85.